The molecule has 1 amide bonds. The fraction of sp³-hybridized carbons (Fsp3) is 0.625. The van der Waals surface area contributed by atoms with Crippen LogP contribution in [0.5, 0.6) is 0 Å². The van der Waals surface area contributed by atoms with E-state index in [2.05, 4.69) is 4.98 Å². The van der Waals surface area contributed by atoms with Crippen LogP contribution < -0.4 is 4.90 Å². The first-order valence-electron chi connectivity index (χ1n) is 7.87. The van der Waals surface area contributed by atoms with E-state index in [0.717, 1.165) is 25.3 Å². The summed E-state index contributed by atoms with van der Waals surface area (Å²) in [5.41, 5.74) is -0.737. The fourth-order valence-electron chi connectivity index (χ4n) is 2.94. The van der Waals surface area contributed by atoms with E-state index in [1.165, 1.54) is 12.3 Å². The predicted molar refractivity (Wildman–Crippen MR) is 82.2 cm³/mol. The third-order valence-corrected chi connectivity index (χ3v) is 4.19. The Hall–Kier alpha value is -1.79. The molecule has 0 spiro atoms. The predicted octanol–water partition coefficient (Wildman–Crippen LogP) is 3.33. The molecule has 1 unspecified atom stereocenters. The average molecular weight is 329 g/mol. The second kappa shape index (κ2) is 7.19. The molecule has 2 heterocycles. The highest BCUT2D eigenvalue weighted by molar-refractivity contribution is 5.76. The van der Waals surface area contributed by atoms with E-state index in [9.17, 15) is 18.0 Å². The minimum atomic E-state index is -4.44. The Kier molecular flexibility index (Phi) is 5.49. The van der Waals surface area contributed by atoms with Crippen molar-refractivity contribution in [2.24, 2.45) is 0 Å². The van der Waals surface area contributed by atoms with Gasteiger partial charge in [0.15, 0.2) is 0 Å². The Morgan fingerprint density at radius 1 is 1.48 bits per heavy atom. The summed E-state index contributed by atoms with van der Waals surface area (Å²) in [7, 11) is 1.62. The molecule has 1 aliphatic rings. The van der Waals surface area contributed by atoms with Gasteiger partial charge in [-0.25, -0.2) is 4.98 Å². The number of carbonyl (C=O) groups excluding carboxylic acids is 1. The summed E-state index contributed by atoms with van der Waals surface area (Å²) >= 11 is 0. The number of pyridine rings is 1. The molecule has 0 N–H and O–H groups in total. The molecular weight excluding hydrogens is 307 g/mol. The van der Waals surface area contributed by atoms with Crippen LogP contribution in [0.4, 0.5) is 19.0 Å². The first-order valence-corrected chi connectivity index (χ1v) is 7.87. The Balaban J connectivity index is 2.17. The van der Waals surface area contributed by atoms with Crippen molar-refractivity contribution in [3.8, 4) is 0 Å². The van der Waals surface area contributed by atoms with Crippen molar-refractivity contribution in [2.45, 2.75) is 44.8 Å². The third kappa shape index (κ3) is 4.14. The van der Waals surface area contributed by atoms with E-state index in [-0.39, 0.29) is 17.8 Å². The maximum atomic E-state index is 13.1. The van der Waals surface area contributed by atoms with Crippen molar-refractivity contribution in [3.05, 3.63) is 23.9 Å². The third-order valence-electron chi connectivity index (χ3n) is 4.19. The molecule has 4 nitrogen and oxygen atoms in total. The Labute approximate surface area is 134 Å². The summed E-state index contributed by atoms with van der Waals surface area (Å²) < 4.78 is 39.4. The highest BCUT2D eigenvalue weighted by Crippen LogP contribution is 2.36. The SMILES string of the molecule is CCCC(=O)N1CCCC(N(C)c2ncccc2C(F)(F)F)C1. The summed E-state index contributed by atoms with van der Waals surface area (Å²) in [6.07, 6.45) is -0.283. The fourth-order valence-corrected chi connectivity index (χ4v) is 2.94. The molecule has 7 heteroatoms. The molecule has 1 aromatic rings. The molecule has 0 aliphatic carbocycles. The number of rotatable bonds is 4. The lowest BCUT2D eigenvalue weighted by Gasteiger charge is -2.38. The zero-order chi connectivity index (χ0) is 17.0. The highest BCUT2D eigenvalue weighted by atomic mass is 19.4. The number of anilines is 1. The molecule has 1 aromatic heterocycles. The van der Waals surface area contributed by atoms with Crippen molar-refractivity contribution in [2.75, 3.05) is 25.0 Å². The maximum Gasteiger partial charge on any atom is 0.419 e. The van der Waals surface area contributed by atoms with Crippen molar-refractivity contribution in [1.82, 2.24) is 9.88 Å². The van der Waals surface area contributed by atoms with E-state index in [4.69, 9.17) is 0 Å². The summed E-state index contributed by atoms with van der Waals surface area (Å²) in [5, 5.41) is 0. The number of hydrogen-bond acceptors (Lipinski definition) is 3. The van der Waals surface area contributed by atoms with Gasteiger partial charge in [-0.1, -0.05) is 6.92 Å². The molecule has 0 radical (unpaired) electrons. The smallest absolute Gasteiger partial charge is 0.354 e. The van der Waals surface area contributed by atoms with Crippen LogP contribution in [0.2, 0.25) is 0 Å². The van der Waals surface area contributed by atoms with Crippen LogP contribution in [0.1, 0.15) is 38.2 Å². The molecule has 2 rings (SSSR count). The van der Waals surface area contributed by atoms with E-state index >= 15 is 0 Å². The van der Waals surface area contributed by atoms with Gasteiger partial charge in [0, 0.05) is 38.8 Å². The van der Waals surface area contributed by atoms with Crippen LogP contribution >= 0.6 is 0 Å². The number of nitrogens with zero attached hydrogens (tertiary/aromatic N) is 3. The first-order chi connectivity index (χ1) is 10.8. The zero-order valence-electron chi connectivity index (χ0n) is 13.4. The molecule has 128 valence electrons. The Morgan fingerprint density at radius 3 is 2.87 bits per heavy atom. The van der Waals surface area contributed by atoms with Crippen LogP contribution in [0.3, 0.4) is 0 Å². The summed E-state index contributed by atoms with van der Waals surface area (Å²) in [5.74, 6) is -0.00236. The first kappa shape index (κ1) is 17.6. The van der Waals surface area contributed by atoms with Gasteiger partial charge < -0.3 is 9.80 Å². The summed E-state index contributed by atoms with van der Waals surface area (Å²) in [4.78, 5) is 19.3. The van der Waals surface area contributed by atoms with E-state index in [1.54, 1.807) is 16.8 Å². The summed E-state index contributed by atoms with van der Waals surface area (Å²) in [6.45, 7) is 3.07. The monoisotopic (exact) mass is 329 g/mol. The van der Waals surface area contributed by atoms with Gasteiger partial charge in [0.1, 0.15) is 5.82 Å². The average Bonchev–Trinajstić information content (AvgIpc) is 2.54. The second-order valence-corrected chi connectivity index (χ2v) is 5.87. The van der Waals surface area contributed by atoms with Gasteiger partial charge >= 0.3 is 6.18 Å². The molecule has 1 fully saturated rings. The molecular formula is C16H22F3N3O. The van der Waals surface area contributed by atoms with Crippen LogP contribution in [-0.4, -0.2) is 42.0 Å². The summed E-state index contributed by atoms with van der Waals surface area (Å²) in [6, 6.07) is 2.18. The number of aromatic nitrogens is 1. The molecule has 0 aromatic carbocycles. The van der Waals surface area contributed by atoms with Crippen LogP contribution in [0.15, 0.2) is 18.3 Å². The van der Waals surface area contributed by atoms with Crippen LogP contribution in [0, 0.1) is 0 Å². The number of likely N-dealkylation sites (N-methyl/N-ethyl adjacent to an activating group) is 1. The van der Waals surface area contributed by atoms with Gasteiger partial charge in [0.2, 0.25) is 5.91 Å². The number of piperidine rings is 1. The van der Waals surface area contributed by atoms with Gasteiger partial charge in [-0.05, 0) is 31.4 Å². The lowest BCUT2D eigenvalue weighted by atomic mass is 10.0. The Bertz CT molecular complexity index is 548. The van der Waals surface area contributed by atoms with Crippen molar-refractivity contribution < 1.29 is 18.0 Å². The quantitative estimate of drug-likeness (QED) is 0.850. The van der Waals surface area contributed by atoms with Crippen LogP contribution in [-0.2, 0) is 11.0 Å². The minimum Gasteiger partial charge on any atom is -0.354 e. The van der Waals surface area contributed by atoms with E-state index in [0.29, 0.717) is 19.5 Å². The number of carbonyl (C=O) groups is 1. The molecule has 23 heavy (non-hydrogen) atoms. The Morgan fingerprint density at radius 2 is 2.22 bits per heavy atom. The molecule has 0 saturated carbocycles. The maximum absolute atomic E-state index is 13.1. The van der Waals surface area contributed by atoms with Gasteiger partial charge in [-0.2, -0.15) is 13.2 Å². The van der Waals surface area contributed by atoms with Crippen LogP contribution in [0.25, 0.3) is 0 Å². The standard InChI is InChI=1S/C16H22F3N3O/c1-3-6-14(23)22-10-5-7-12(11-22)21(2)15-13(16(17,18)19)8-4-9-20-15/h4,8-9,12H,3,5-7,10-11H2,1-2H3. The van der Waals surface area contributed by atoms with Crippen molar-refractivity contribution >= 4 is 11.7 Å². The van der Waals surface area contributed by atoms with Crippen molar-refractivity contribution in [3.63, 3.8) is 0 Å². The lowest BCUT2D eigenvalue weighted by molar-refractivity contribution is -0.137. The van der Waals surface area contributed by atoms with E-state index in [1.807, 2.05) is 6.92 Å². The van der Waals surface area contributed by atoms with Gasteiger partial charge in [0.05, 0.1) is 5.56 Å². The highest BCUT2D eigenvalue weighted by Gasteiger charge is 2.37. The van der Waals surface area contributed by atoms with Gasteiger partial charge in [-0.15, -0.1) is 0 Å². The molecule has 1 saturated heterocycles. The number of alkyl halides is 3. The minimum absolute atomic E-state index is 0.0719. The van der Waals surface area contributed by atoms with Gasteiger partial charge in [0.25, 0.3) is 0 Å². The topological polar surface area (TPSA) is 36.4 Å². The zero-order valence-corrected chi connectivity index (χ0v) is 13.4. The largest absolute Gasteiger partial charge is 0.419 e. The molecule has 1 atom stereocenters. The van der Waals surface area contributed by atoms with Crippen molar-refractivity contribution in [1.29, 1.82) is 0 Å². The van der Waals surface area contributed by atoms with E-state index < -0.39 is 11.7 Å². The molecule has 0 bridgehead atoms. The number of likely N-dealkylation sites (tertiary alicyclic amines) is 1. The second-order valence-electron chi connectivity index (χ2n) is 5.87. The number of halogens is 3. The molecule has 1 aliphatic heterocycles. The normalized spacial score (nSPS) is 18.8. The number of hydrogen-bond donors (Lipinski definition) is 0. The number of amides is 1. The lowest BCUT2D eigenvalue weighted by Crippen LogP contribution is -2.49. The van der Waals surface area contributed by atoms with Gasteiger partial charge in [-0.3, -0.25) is 4.79 Å².